The lowest BCUT2D eigenvalue weighted by molar-refractivity contribution is -0.132. The Balaban J connectivity index is 1.53. The molecule has 7 nitrogen and oxygen atoms in total. The fourth-order valence-electron chi connectivity index (χ4n) is 5.35. The van der Waals surface area contributed by atoms with Crippen molar-refractivity contribution in [2.75, 3.05) is 17.7 Å². The van der Waals surface area contributed by atoms with E-state index in [1.165, 1.54) is 0 Å². The molecule has 1 aliphatic carbocycles. The maximum atomic E-state index is 13.8. The van der Waals surface area contributed by atoms with Crippen molar-refractivity contribution in [1.29, 1.82) is 0 Å². The number of carbonyl (C=O) groups excluding carboxylic acids is 1. The molecular weight excluding hydrogens is 400 g/mol. The molecule has 0 radical (unpaired) electrons. The van der Waals surface area contributed by atoms with Gasteiger partial charge < -0.3 is 9.80 Å². The number of hydrogen-bond acceptors (Lipinski definition) is 6. The van der Waals surface area contributed by atoms with Crippen LogP contribution in [0.2, 0.25) is 0 Å². The van der Waals surface area contributed by atoms with E-state index in [1.807, 2.05) is 35.2 Å². The number of sulfone groups is 1. The molecule has 1 aromatic carbocycles. The van der Waals surface area contributed by atoms with Crippen molar-refractivity contribution in [2.45, 2.75) is 61.8 Å². The first-order chi connectivity index (χ1) is 14.4. The number of amides is 1. The minimum absolute atomic E-state index is 0.122. The Hall–Kier alpha value is -2.48. The van der Waals surface area contributed by atoms with Crippen molar-refractivity contribution >= 4 is 21.6 Å². The molecule has 0 N–H and O–H groups in total. The number of carbonyl (C=O) groups is 1. The van der Waals surface area contributed by atoms with E-state index in [9.17, 15) is 13.2 Å². The van der Waals surface area contributed by atoms with Gasteiger partial charge in [-0.25, -0.2) is 18.4 Å². The van der Waals surface area contributed by atoms with Crippen molar-refractivity contribution in [3.63, 3.8) is 0 Å². The lowest BCUT2D eigenvalue weighted by Gasteiger charge is -2.39. The van der Waals surface area contributed by atoms with E-state index in [1.54, 1.807) is 6.20 Å². The monoisotopic (exact) mass is 426 g/mol. The molecule has 1 spiro atoms. The zero-order chi connectivity index (χ0) is 20.9. The Labute approximate surface area is 177 Å². The number of nitrogens with zero attached hydrogens (tertiary/aromatic N) is 4. The third-order valence-electron chi connectivity index (χ3n) is 6.71. The maximum absolute atomic E-state index is 13.8. The molecule has 30 heavy (non-hydrogen) atoms. The minimum atomic E-state index is -3.52. The lowest BCUT2D eigenvalue weighted by atomic mass is 9.91. The van der Waals surface area contributed by atoms with Crippen LogP contribution in [0.4, 0.5) is 5.82 Å². The van der Waals surface area contributed by atoms with Crippen LogP contribution in [-0.2, 0) is 27.6 Å². The molecule has 5 rings (SSSR count). The summed E-state index contributed by atoms with van der Waals surface area (Å²) >= 11 is 0. The molecule has 1 atom stereocenters. The first-order valence-corrected chi connectivity index (χ1v) is 12.5. The van der Waals surface area contributed by atoms with Crippen LogP contribution in [0.5, 0.6) is 0 Å². The molecule has 3 heterocycles. The number of fused-ring (bicyclic) bond motifs is 1. The summed E-state index contributed by atoms with van der Waals surface area (Å²) < 4.78 is 24.1. The summed E-state index contributed by atoms with van der Waals surface area (Å²) in [6.45, 7) is 1.29. The van der Waals surface area contributed by atoms with Crippen LogP contribution in [0.25, 0.3) is 0 Å². The maximum Gasteiger partial charge on any atom is 0.249 e. The topological polar surface area (TPSA) is 83.5 Å². The first-order valence-electron chi connectivity index (χ1n) is 10.6. The molecule has 1 amide bonds. The van der Waals surface area contributed by atoms with Crippen LogP contribution >= 0.6 is 0 Å². The number of hydrogen-bond donors (Lipinski definition) is 0. The SMILES string of the molecule is CS(=O)(=O)c1ncc2c(n1)N(C1CCCC1)C1(CCN(Cc3ccccc3)C1=O)C2. The second-order valence-corrected chi connectivity index (χ2v) is 10.7. The van der Waals surface area contributed by atoms with Crippen LogP contribution in [0.15, 0.2) is 41.7 Å². The van der Waals surface area contributed by atoms with Crippen molar-refractivity contribution in [1.82, 2.24) is 14.9 Å². The van der Waals surface area contributed by atoms with E-state index in [-0.39, 0.29) is 17.1 Å². The Morgan fingerprint density at radius 2 is 1.90 bits per heavy atom. The molecule has 1 unspecified atom stereocenters. The van der Waals surface area contributed by atoms with Crippen LogP contribution in [-0.4, -0.2) is 53.6 Å². The van der Waals surface area contributed by atoms with Crippen LogP contribution < -0.4 is 4.90 Å². The zero-order valence-corrected chi connectivity index (χ0v) is 17.9. The van der Waals surface area contributed by atoms with Gasteiger partial charge in [0.2, 0.25) is 20.9 Å². The molecule has 158 valence electrons. The normalized spacial score (nSPS) is 24.2. The summed E-state index contributed by atoms with van der Waals surface area (Å²) in [5.74, 6) is 0.768. The quantitative estimate of drug-likeness (QED) is 0.698. The Bertz CT molecular complexity index is 1080. The summed E-state index contributed by atoms with van der Waals surface area (Å²) in [7, 11) is -3.52. The smallest absolute Gasteiger partial charge is 0.249 e. The fraction of sp³-hybridized carbons (Fsp3) is 0.500. The van der Waals surface area contributed by atoms with E-state index >= 15 is 0 Å². The van der Waals surface area contributed by atoms with E-state index in [0.717, 1.165) is 49.5 Å². The second-order valence-electron chi connectivity index (χ2n) is 8.75. The van der Waals surface area contributed by atoms with E-state index in [0.29, 0.717) is 25.3 Å². The Morgan fingerprint density at radius 3 is 2.60 bits per heavy atom. The third kappa shape index (κ3) is 3.09. The number of benzene rings is 1. The molecule has 2 aliphatic heterocycles. The summed E-state index contributed by atoms with van der Waals surface area (Å²) in [6.07, 6.45) is 8.27. The molecular formula is C22H26N4O3S. The fourth-order valence-corrected chi connectivity index (χ4v) is 5.84. The van der Waals surface area contributed by atoms with Gasteiger partial charge in [-0.2, -0.15) is 0 Å². The summed E-state index contributed by atoms with van der Waals surface area (Å²) in [5.41, 5.74) is 1.32. The van der Waals surface area contributed by atoms with E-state index in [2.05, 4.69) is 14.9 Å². The van der Waals surface area contributed by atoms with Crippen molar-refractivity contribution in [2.24, 2.45) is 0 Å². The molecule has 2 fully saturated rings. The standard InChI is InChI=1S/C22H26N4O3S/c1-30(28,29)21-23-14-17-13-22(26(19(17)24-21)18-9-5-6-10-18)11-12-25(20(22)27)15-16-7-3-2-4-8-16/h2-4,7-8,14,18H,5-6,9-13,15H2,1H3. The van der Waals surface area contributed by atoms with Gasteiger partial charge in [0.05, 0.1) is 0 Å². The van der Waals surface area contributed by atoms with Gasteiger partial charge in [-0.05, 0) is 24.8 Å². The predicted molar refractivity (Wildman–Crippen MR) is 113 cm³/mol. The van der Waals surface area contributed by atoms with Gasteiger partial charge in [0.25, 0.3) is 0 Å². The molecule has 2 aromatic rings. The van der Waals surface area contributed by atoms with Gasteiger partial charge in [0.15, 0.2) is 0 Å². The highest BCUT2D eigenvalue weighted by Crippen LogP contribution is 2.47. The van der Waals surface area contributed by atoms with E-state index in [4.69, 9.17) is 0 Å². The highest BCUT2D eigenvalue weighted by atomic mass is 32.2. The lowest BCUT2D eigenvalue weighted by Crippen LogP contribution is -2.56. The number of aromatic nitrogens is 2. The number of anilines is 1. The average molecular weight is 427 g/mol. The highest BCUT2D eigenvalue weighted by molar-refractivity contribution is 7.90. The molecule has 1 saturated carbocycles. The van der Waals surface area contributed by atoms with Gasteiger partial charge in [0, 0.05) is 43.6 Å². The van der Waals surface area contributed by atoms with Gasteiger partial charge in [-0.3, -0.25) is 4.79 Å². The van der Waals surface area contributed by atoms with Gasteiger partial charge in [0.1, 0.15) is 11.4 Å². The summed E-state index contributed by atoms with van der Waals surface area (Å²) in [4.78, 5) is 26.5. The van der Waals surface area contributed by atoms with Gasteiger partial charge in [-0.1, -0.05) is 43.2 Å². The molecule has 1 saturated heterocycles. The number of likely N-dealkylation sites (tertiary alicyclic amines) is 1. The van der Waals surface area contributed by atoms with Gasteiger partial charge >= 0.3 is 0 Å². The Morgan fingerprint density at radius 1 is 1.17 bits per heavy atom. The zero-order valence-electron chi connectivity index (χ0n) is 17.1. The molecule has 3 aliphatic rings. The minimum Gasteiger partial charge on any atom is -0.338 e. The second kappa shape index (κ2) is 7.04. The van der Waals surface area contributed by atoms with Crippen LogP contribution in [0.3, 0.4) is 0 Å². The number of rotatable bonds is 4. The van der Waals surface area contributed by atoms with Crippen LogP contribution in [0.1, 0.15) is 43.2 Å². The highest BCUT2D eigenvalue weighted by Gasteiger charge is 2.57. The molecule has 8 heteroatoms. The van der Waals surface area contributed by atoms with Gasteiger partial charge in [-0.15, -0.1) is 0 Å². The summed E-state index contributed by atoms with van der Waals surface area (Å²) in [6, 6.07) is 10.3. The van der Waals surface area contributed by atoms with Crippen LogP contribution in [0, 0.1) is 0 Å². The first kappa shape index (κ1) is 19.5. The van der Waals surface area contributed by atoms with E-state index < -0.39 is 15.4 Å². The molecule has 1 aromatic heterocycles. The van der Waals surface area contributed by atoms with Crippen molar-refractivity contribution < 1.29 is 13.2 Å². The largest absolute Gasteiger partial charge is 0.338 e. The third-order valence-corrected chi connectivity index (χ3v) is 7.57. The predicted octanol–water partition coefficient (Wildman–Crippen LogP) is 2.36. The van der Waals surface area contributed by atoms with Crippen molar-refractivity contribution in [3.8, 4) is 0 Å². The molecule has 0 bridgehead atoms. The Kier molecular flexibility index (Phi) is 4.57. The summed E-state index contributed by atoms with van der Waals surface area (Å²) in [5, 5.41) is -0.159. The van der Waals surface area contributed by atoms with Crippen molar-refractivity contribution in [3.05, 3.63) is 47.7 Å². The average Bonchev–Trinajstić information content (AvgIpc) is 3.42.